The van der Waals surface area contributed by atoms with Crippen molar-refractivity contribution in [2.75, 3.05) is 0 Å². The Morgan fingerprint density at radius 3 is 2.63 bits per heavy atom. The quantitative estimate of drug-likeness (QED) is 0.873. The lowest BCUT2D eigenvalue weighted by Gasteiger charge is -2.33. The summed E-state index contributed by atoms with van der Waals surface area (Å²) in [4.78, 5) is -0.425. The Kier molecular flexibility index (Phi) is 4.29. The van der Waals surface area contributed by atoms with Gasteiger partial charge in [0.05, 0.1) is 6.61 Å². The van der Waals surface area contributed by atoms with Crippen molar-refractivity contribution < 1.29 is 17.9 Å². The van der Waals surface area contributed by atoms with E-state index in [9.17, 15) is 12.8 Å². The van der Waals surface area contributed by atoms with E-state index in [-0.39, 0.29) is 11.6 Å². The summed E-state index contributed by atoms with van der Waals surface area (Å²) < 4.78 is 41.2. The fourth-order valence-electron chi connectivity index (χ4n) is 2.21. The summed E-state index contributed by atoms with van der Waals surface area (Å²) in [6.45, 7) is 1.49. The first-order chi connectivity index (χ1) is 8.83. The second-order valence-corrected chi connectivity index (χ2v) is 7.53. The third-order valence-corrected chi connectivity index (χ3v) is 5.21. The third kappa shape index (κ3) is 3.16. The molecule has 0 amide bonds. The Morgan fingerprint density at radius 2 is 2.11 bits per heavy atom. The van der Waals surface area contributed by atoms with E-state index in [0.29, 0.717) is 10.4 Å². The second-order valence-electron chi connectivity index (χ2n) is 4.93. The number of hydrogen-bond donors (Lipinski definition) is 2. The highest BCUT2D eigenvalue weighted by molar-refractivity contribution is 9.10. The van der Waals surface area contributed by atoms with Gasteiger partial charge in [-0.15, -0.1) is 0 Å². The van der Waals surface area contributed by atoms with Gasteiger partial charge in [-0.1, -0.05) is 22.9 Å². The van der Waals surface area contributed by atoms with Crippen molar-refractivity contribution >= 4 is 26.0 Å². The predicted octanol–water partition coefficient (Wildman–Crippen LogP) is 2.16. The molecule has 7 heteroatoms. The molecule has 0 spiro atoms. The maximum Gasteiger partial charge on any atom is 0.243 e. The summed E-state index contributed by atoms with van der Waals surface area (Å²) >= 11 is 3.12. The van der Waals surface area contributed by atoms with Crippen LogP contribution in [0, 0.1) is 11.7 Å². The molecule has 1 fully saturated rings. The minimum absolute atomic E-state index is 0.0447. The smallest absolute Gasteiger partial charge is 0.243 e. The van der Waals surface area contributed by atoms with Crippen molar-refractivity contribution in [1.82, 2.24) is 4.72 Å². The Bertz CT molecular complexity index is 585. The van der Waals surface area contributed by atoms with Gasteiger partial charge in [0.2, 0.25) is 10.0 Å². The number of hydrogen-bond acceptors (Lipinski definition) is 3. The van der Waals surface area contributed by atoms with Crippen molar-refractivity contribution in [3.63, 3.8) is 0 Å². The Labute approximate surface area is 120 Å². The van der Waals surface area contributed by atoms with Crippen LogP contribution >= 0.6 is 15.9 Å². The van der Waals surface area contributed by atoms with Gasteiger partial charge in [0.15, 0.2) is 0 Å². The summed E-state index contributed by atoms with van der Waals surface area (Å²) in [5.41, 5.74) is -0.0447. The van der Waals surface area contributed by atoms with E-state index < -0.39 is 27.3 Å². The summed E-state index contributed by atoms with van der Waals surface area (Å²) in [5, 5.41) is 9.03. The molecular formula is C12H15BrFNO3S. The lowest BCUT2D eigenvalue weighted by molar-refractivity contribution is 0.269. The number of aliphatic hydroxyl groups is 1. The fourth-order valence-corrected chi connectivity index (χ4v) is 4.27. The topological polar surface area (TPSA) is 66.4 Å². The van der Waals surface area contributed by atoms with E-state index in [2.05, 4.69) is 20.7 Å². The number of nitrogens with one attached hydrogen (secondary N) is 1. The fraction of sp³-hybridized carbons (Fsp3) is 0.500. The van der Waals surface area contributed by atoms with Gasteiger partial charge in [-0.25, -0.2) is 17.5 Å². The van der Waals surface area contributed by atoms with Gasteiger partial charge in [-0.2, -0.15) is 0 Å². The van der Waals surface area contributed by atoms with Gasteiger partial charge in [-0.3, -0.25) is 0 Å². The van der Waals surface area contributed by atoms with E-state index in [1.165, 1.54) is 12.1 Å². The molecule has 0 heterocycles. The number of sulfonamides is 1. The molecule has 2 N–H and O–H groups in total. The summed E-state index contributed by atoms with van der Waals surface area (Å²) in [6.07, 6.45) is 1.53. The highest BCUT2D eigenvalue weighted by Crippen LogP contribution is 2.29. The molecule has 0 radical (unpaired) electrons. The van der Waals surface area contributed by atoms with Crippen LogP contribution in [0.2, 0.25) is 0 Å². The van der Waals surface area contributed by atoms with Gasteiger partial charge in [0, 0.05) is 16.1 Å². The van der Waals surface area contributed by atoms with Crippen molar-refractivity contribution in [2.45, 2.75) is 37.3 Å². The average molecular weight is 352 g/mol. The van der Waals surface area contributed by atoms with Crippen LogP contribution in [0.5, 0.6) is 0 Å². The molecule has 0 atom stereocenters. The molecule has 1 aliphatic rings. The zero-order valence-electron chi connectivity index (χ0n) is 10.4. The zero-order chi connectivity index (χ0) is 14.2. The van der Waals surface area contributed by atoms with Crippen LogP contribution in [0.3, 0.4) is 0 Å². The van der Waals surface area contributed by atoms with E-state index in [4.69, 9.17) is 5.11 Å². The Morgan fingerprint density at radius 1 is 1.47 bits per heavy atom. The minimum atomic E-state index is -3.90. The molecule has 1 aliphatic carbocycles. The predicted molar refractivity (Wildman–Crippen MR) is 72.5 cm³/mol. The normalized spacial score (nSPS) is 23.2. The van der Waals surface area contributed by atoms with E-state index in [1.54, 1.807) is 0 Å². The van der Waals surface area contributed by atoms with Crippen molar-refractivity contribution in [3.8, 4) is 0 Å². The highest BCUT2D eigenvalue weighted by atomic mass is 79.9. The molecule has 1 aromatic rings. The highest BCUT2D eigenvalue weighted by Gasteiger charge is 2.31. The first-order valence-corrected chi connectivity index (χ1v) is 8.22. The van der Waals surface area contributed by atoms with Crippen LogP contribution in [0.15, 0.2) is 21.5 Å². The van der Waals surface area contributed by atoms with Gasteiger partial charge in [0.1, 0.15) is 10.7 Å². The van der Waals surface area contributed by atoms with Crippen molar-refractivity contribution in [3.05, 3.63) is 28.0 Å². The number of halogens is 2. The number of rotatable bonds is 4. The van der Waals surface area contributed by atoms with Crippen LogP contribution in [0.1, 0.15) is 25.3 Å². The largest absolute Gasteiger partial charge is 0.392 e. The maximum absolute atomic E-state index is 14.0. The molecule has 0 aromatic heterocycles. The monoisotopic (exact) mass is 351 g/mol. The van der Waals surface area contributed by atoms with E-state index >= 15 is 0 Å². The van der Waals surface area contributed by atoms with Gasteiger partial charge >= 0.3 is 0 Å². The SMILES string of the molecule is CC1CC(NS(=O)(=O)c2cc(Br)cc(CO)c2F)C1. The molecule has 0 unspecified atom stereocenters. The molecular weight excluding hydrogens is 337 g/mol. The summed E-state index contributed by atoms with van der Waals surface area (Å²) in [6, 6.07) is 2.44. The minimum Gasteiger partial charge on any atom is -0.392 e. The molecule has 106 valence electrons. The molecule has 2 rings (SSSR count). The third-order valence-electron chi connectivity index (χ3n) is 3.23. The van der Waals surface area contributed by atoms with E-state index in [1.807, 2.05) is 6.92 Å². The maximum atomic E-state index is 14.0. The first-order valence-electron chi connectivity index (χ1n) is 5.94. The molecule has 0 saturated heterocycles. The van der Waals surface area contributed by atoms with Crippen LogP contribution < -0.4 is 4.72 Å². The molecule has 1 saturated carbocycles. The summed E-state index contributed by atoms with van der Waals surface area (Å²) in [5.74, 6) is -0.404. The zero-order valence-corrected chi connectivity index (χ0v) is 12.8. The molecule has 0 aliphatic heterocycles. The van der Waals surface area contributed by atoms with Gasteiger partial charge in [-0.05, 0) is 30.9 Å². The van der Waals surface area contributed by atoms with Crippen molar-refractivity contribution in [1.29, 1.82) is 0 Å². The molecule has 1 aromatic carbocycles. The standard InChI is InChI=1S/C12H15BrFNO3S/c1-7-2-10(3-7)15-19(17,18)11-5-9(13)4-8(6-16)12(11)14/h4-5,7,10,15-16H,2-3,6H2,1H3. The van der Waals surface area contributed by atoms with Gasteiger partial charge in [0.25, 0.3) is 0 Å². The summed E-state index contributed by atoms with van der Waals surface area (Å²) in [7, 11) is -3.90. The van der Waals surface area contributed by atoms with Crippen LogP contribution in [-0.4, -0.2) is 19.6 Å². The van der Waals surface area contributed by atoms with Crippen molar-refractivity contribution in [2.24, 2.45) is 5.92 Å². The Balaban J connectivity index is 2.32. The molecule has 19 heavy (non-hydrogen) atoms. The number of benzene rings is 1. The molecule has 0 bridgehead atoms. The average Bonchev–Trinajstić information content (AvgIpc) is 2.29. The van der Waals surface area contributed by atoms with Crippen LogP contribution in [0.4, 0.5) is 4.39 Å². The number of aliphatic hydroxyl groups excluding tert-OH is 1. The van der Waals surface area contributed by atoms with E-state index in [0.717, 1.165) is 12.8 Å². The van der Waals surface area contributed by atoms with Crippen LogP contribution in [-0.2, 0) is 16.6 Å². The lowest BCUT2D eigenvalue weighted by atomic mass is 9.83. The second kappa shape index (κ2) is 5.47. The Hall–Kier alpha value is -0.500. The lowest BCUT2D eigenvalue weighted by Crippen LogP contribution is -2.43. The van der Waals surface area contributed by atoms with Crippen LogP contribution in [0.25, 0.3) is 0 Å². The van der Waals surface area contributed by atoms with Gasteiger partial charge < -0.3 is 5.11 Å². The molecule has 4 nitrogen and oxygen atoms in total. The first kappa shape index (κ1) is 14.9.